The van der Waals surface area contributed by atoms with Gasteiger partial charge in [0.2, 0.25) is 5.91 Å². The highest BCUT2D eigenvalue weighted by atomic mass is 35.5. The predicted molar refractivity (Wildman–Crippen MR) is 128 cm³/mol. The van der Waals surface area contributed by atoms with E-state index in [4.69, 9.17) is 22.1 Å². The molecule has 0 spiro atoms. The smallest absolute Gasteiger partial charge is 0.338 e. The van der Waals surface area contributed by atoms with Gasteiger partial charge in [-0.2, -0.15) is 0 Å². The minimum absolute atomic E-state index is 0.266. The van der Waals surface area contributed by atoms with Crippen LogP contribution in [0.2, 0.25) is 5.02 Å². The van der Waals surface area contributed by atoms with Gasteiger partial charge in [0.1, 0.15) is 5.54 Å². The number of hydrogen-bond acceptors (Lipinski definition) is 6. The Morgan fingerprint density at radius 2 is 1.82 bits per heavy atom. The van der Waals surface area contributed by atoms with Crippen LogP contribution in [0.1, 0.15) is 43.7 Å². The molecule has 0 saturated carbocycles. The Bertz CT molecular complexity index is 983. The molecule has 0 bridgehead atoms. The maximum absolute atomic E-state index is 12.8. The highest BCUT2D eigenvalue weighted by molar-refractivity contribution is 6.31. The average Bonchev–Trinajstić information content (AvgIpc) is 2.84. The number of halogens is 1. The highest BCUT2D eigenvalue weighted by Gasteiger charge is 2.45. The number of methoxy groups -OCH3 is 1. The molecule has 34 heavy (non-hydrogen) atoms. The van der Waals surface area contributed by atoms with Crippen LogP contribution in [-0.4, -0.2) is 73.1 Å². The van der Waals surface area contributed by atoms with E-state index in [-0.39, 0.29) is 5.91 Å². The molecule has 0 aliphatic carbocycles. The number of hydrogen-bond donors (Lipinski definition) is 3. The van der Waals surface area contributed by atoms with Crippen LogP contribution in [0.15, 0.2) is 35.5 Å². The molecule has 1 unspecified atom stereocenters. The summed E-state index contributed by atoms with van der Waals surface area (Å²) in [6.45, 7) is 3.37. The number of primary amides is 1. The number of benzene rings is 1. The number of piperidine rings is 2. The molecule has 10 heteroatoms. The zero-order chi connectivity index (χ0) is 24.3. The minimum Gasteiger partial charge on any atom is -0.466 e. The monoisotopic (exact) mass is 489 g/mol. The van der Waals surface area contributed by atoms with Crippen molar-refractivity contribution >= 4 is 29.5 Å². The lowest BCUT2D eigenvalue weighted by molar-refractivity contribution is -0.136. The molecular weight excluding hydrogens is 458 g/mol. The van der Waals surface area contributed by atoms with Crippen molar-refractivity contribution in [1.29, 1.82) is 0 Å². The molecule has 4 N–H and O–H groups in total. The quantitative estimate of drug-likeness (QED) is 0.526. The molecule has 3 amide bonds. The molecule has 1 atom stereocenters. The number of likely N-dealkylation sites (tertiary alicyclic amines) is 2. The van der Waals surface area contributed by atoms with Crippen LogP contribution in [-0.2, 0) is 14.3 Å². The van der Waals surface area contributed by atoms with Gasteiger partial charge in [0.15, 0.2) is 0 Å². The molecule has 1 aromatic carbocycles. The van der Waals surface area contributed by atoms with E-state index in [0.29, 0.717) is 54.3 Å². The van der Waals surface area contributed by atoms with Crippen molar-refractivity contribution in [3.63, 3.8) is 0 Å². The third-order valence-corrected chi connectivity index (χ3v) is 7.60. The molecule has 0 radical (unpaired) electrons. The second-order valence-corrected chi connectivity index (χ2v) is 9.56. The fraction of sp³-hybridized carbons (Fsp3) is 0.542. The van der Waals surface area contributed by atoms with Crippen LogP contribution in [0, 0.1) is 0 Å². The Labute approximate surface area is 204 Å². The van der Waals surface area contributed by atoms with Gasteiger partial charge in [0.05, 0.1) is 18.7 Å². The van der Waals surface area contributed by atoms with Crippen molar-refractivity contribution in [2.75, 3.05) is 39.8 Å². The summed E-state index contributed by atoms with van der Waals surface area (Å²) in [5.41, 5.74) is 6.69. The van der Waals surface area contributed by atoms with Crippen molar-refractivity contribution < 1.29 is 19.1 Å². The van der Waals surface area contributed by atoms with Crippen molar-refractivity contribution in [2.45, 2.75) is 43.7 Å². The Morgan fingerprint density at radius 1 is 1.15 bits per heavy atom. The normalized spacial score (nSPS) is 23.7. The number of nitrogens with one attached hydrogen (secondary N) is 2. The number of rotatable bonds is 6. The minimum atomic E-state index is -0.729. The molecule has 2 fully saturated rings. The predicted octanol–water partition coefficient (Wildman–Crippen LogP) is 1.93. The summed E-state index contributed by atoms with van der Waals surface area (Å²) in [5, 5.41) is 6.04. The van der Waals surface area contributed by atoms with Crippen LogP contribution in [0.25, 0.3) is 0 Å². The summed E-state index contributed by atoms with van der Waals surface area (Å²) in [6.07, 6.45) is 4.57. The summed E-state index contributed by atoms with van der Waals surface area (Å²) in [6, 6.07) is 5.95. The van der Waals surface area contributed by atoms with Crippen LogP contribution in [0.3, 0.4) is 0 Å². The Kier molecular flexibility index (Phi) is 7.45. The first-order valence-corrected chi connectivity index (χ1v) is 12.1. The first kappa shape index (κ1) is 24.5. The second kappa shape index (κ2) is 10.3. The van der Waals surface area contributed by atoms with Gasteiger partial charge in [-0.15, -0.1) is 0 Å². The Morgan fingerprint density at radius 3 is 2.44 bits per heavy atom. The number of nitrogens with two attached hydrogens (primary N) is 1. The van der Waals surface area contributed by atoms with E-state index < -0.39 is 23.6 Å². The van der Waals surface area contributed by atoms with Crippen LogP contribution in [0.4, 0.5) is 4.79 Å². The maximum atomic E-state index is 12.8. The Balaban J connectivity index is 1.57. The summed E-state index contributed by atoms with van der Waals surface area (Å²) in [7, 11) is 1.31. The van der Waals surface area contributed by atoms with Crippen molar-refractivity contribution in [3.8, 4) is 0 Å². The second-order valence-electron chi connectivity index (χ2n) is 9.16. The van der Waals surface area contributed by atoms with Crippen molar-refractivity contribution in [2.24, 2.45) is 5.73 Å². The van der Waals surface area contributed by atoms with Crippen molar-refractivity contribution in [1.82, 2.24) is 20.4 Å². The average molecular weight is 490 g/mol. The third kappa shape index (κ3) is 4.78. The van der Waals surface area contributed by atoms with Gasteiger partial charge in [-0.05, 0) is 50.4 Å². The first-order chi connectivity index (χ1) is 16.4. The van der Waals surface area contributed by atoms with Gasteiger partial charge < -0.3 is 21.1 Å². The summed E-state index contributed by atoms with van der Waals surface area (Å²) in [4.78, 5) is 42.3. The molecule has 2 saturated heterocycles. The van der Waals surface area contributed by atoms with Crippen LogP contribution >= 0.6 is 11.6 Å². The molecule has 3 aliphatic rings. The molecule has 4 rings (SSSR count). The SMILES string of the molecule is COC(=O)C1=C(CN2CCC(C(N)=O)(N3CCCCC3)CC2)NC(=O)NC1c1ccccc1Cl. The van der Waals surface area contributed by atoms with E-state index in [9.17, 15) is 14.4 Å². The van der Waals surface area contributed by atoms with Crippen LogP contribution in [0.5, 0.6) is 0 Å². The summed E-state index contributed by atoms with van der Waals surface area (Å²) >= 11 is 6.39. The van der Waals surface area contributed by atoms with Gasteiger partial charge >= 0.3 is 12.0 Å². The van der Waals surface area contributed by atoms with Gasteiger partial charge in [0, 0.05) is 30.4 Å². The van der Waals surface area contributed by atoms with Gasteiger partial charge in [-0.25, -0.2) is 9.59 Å². The highest BCUT2D eigenvalue weighted by Crippen LogP contribution is 2.34. The number of urea groups is 1. The third-order valence-electron chi connectivity index (χ3n) is 7.26. The first-order valence-electron chi connectivity index (χ1n) is 11.8. The molecule has 3 heterocycles. The van der Waals surface area contributed by atoms with E-state index in [1.54, 1.807) is 24.3 Å². The lowest BCUT2D eigenvalue weighted by Gasteiger charge is -2.48. The zero-order valence-electron chi connectivity index (χ0n) is 19.4. The molecule has 1 aromatic rings. The van der Waals surface area contributed by atoms with Crippen LogP contribution < -0.4 is 16.4 Å². The fourth-order valence-electron chi connectivity index (χ4n) is 5.38. The molecule has 184 valence electrons. The largest absolute Gasteiger partial charge is 0.466 e. The summed E-state index contributed by atoms with van der Waals surface area (Å²) < 4.78 is 5.06. The molecule has 9 nitrogen and oxygen atoms in total. The number of nitrogens with zero attached hydrogens (tertiary/aromatic N) is 2. The van der Waals surface area contributed by atoms with Gasteiger partial charge in [-0.3, -0.25) is 14.6 Å². The molecule has 3 aliphatic heterocycles. The molecule has 0 aromatic heterocycles. The fourth-order valence-corrected chi connectivity index (χ4v) is 5.63. The number of amides is 3. The van der Waals surface area contributed by atoms with Gasteiger partial charge in [0.25, 0.3) is 0 Å². The summed E-state index contributed by atoms with van der Waals surface area (Å²) in [5.74, 6) is -0.804. The van der Waals surface area contributed by atoms with Crippen molar-refractivity contribution in [3.05, 3.63) is 46.1 Å². The van der Waals surface area contributed by atoms with E-state index in [2.05, 4.69) is 20.4 Å². The Hall–Kier alpha value is -2.62. The number of carbonyl (C=O) groups is 3. The number of carbonyl (C=O) groups excluding carboxylic acids is 3. The van der Waals surface area contributed by atoms with E-state index in [0.717, 1.165) is 25.9 Å². The zero-order valence-corrected chi connectivity index (χ0v) is 20.2. The van der Waals surface area contributed by atoms with Gasteiger partial charge in [-0.1, -0.05) is 36.2 Å². The topological polar surface area (TPSA) is 117 Å². The standard InChI is InChI=1S/C24H32ClN5O4/c1-34-21(31)19-18(27-23(33)28-20(19)16-7-3-4-8-17(16)25)15-29-13-9-24(10-14-29,22(26)32)30-11-5-2-6-12-30/h3-4,7-8,20H,2,5-6,9-15H2,1H3,(H2,26,32)(H2,27,28,33). The maximum Gasteiger partial charge on any atom is 0.338 e. The number of ether oxygens (including phenoxy) is 1. The van der Waals surface area contributed by atoms with E-state index in [1.807, 2.05) is 0 Å². The molecular formula is C24H32ClN5O4. The lowest BCUT2D eigenvalue weighted by atomic mass is 9.83. The van der Waals surface area contributed by atoms with E-state index in [1.165, 1.54) is 13.5 Å². The number of esters is 1. The lowest BCUT2D eigenvalue weighted by Crippen LogP contribution is -2.63. The van der Waals surface area contributed by atoms with E-state index >= 15 is 0 Å².